The normalized spacial score (nSPS) is 11.3. The quantitative estimate of drug-likeness (QED) is 0.686. The van der Waals surface area contributed by atoms with Crippen molar-refractivity contribution in [2.75, 3.05) is 0 Å². The van der Waals surface area contributed by atoms with Gasteiger partial charge in [-0.1, -0.05) is 0 Å². The van der Waals surface area contributed by atoms with Gasteiger partial charge in [0.1, 0.15) is 0 Å². The predicted octanol–water partition coefficient (Wildman–Crippen LogP) is 3.78. The van der Waals surface area contributed by atoms with E-state index < -0.39 is 25.0 Å². The van der Waals surface area contributed by atoms with Crippen molar-refractivity contribution >= 4 is 65.0 Å². The van der Waals surface area contributed by atoms with Crippen LogP contribution in [0.2, 0.25) is 0 Å². The van der Waals surface area contributed by atoms with Crippen LogP contribution in [0.3, 0.4) is 0 Å². The molecule has 0 amide bonds. The van der Waals surface area contributed by atoms with E-state index in [4.69, 9.17) is 40.0 Å². The Labute approximate surface area is 110 Å². The number of rotatable bonds is 4. The van der Waals surface area contributed by atoms with Crippen LogP contribution in [0.1, 0.15) is 11.1 Å². The van der Waals surface area contributed by atoms with Gasteiger partial charge in [-0.2, -0.15) is 0 Å². The zero-order chi connectivity index (χ0) is 10.6. The monoisotopic (exact) mass is 392 g/mol. The molecule has 14 heavy (non-hydrogen) atoms. The molecule has 6 heteroatoms. The third kappa shape index (κ3) is 5.00. The van der Waals surface area contributed by atoms with Crippen molar-refractivity contribution in [2.24, 2.45) is 0 Å². The summed E-state index contributed by atoms with van der Waals surface area (Å²) in [5, 5.41) is 1.64. The Hall–Kier alpha value is 1.47. The summed E-state index contributed by atoms with van der Waals surface area (Å²) in [4.78, 5) is 0. The molecule has 76 valence electrons. The molecule has 0 nitrogen and oxygen atoms in total. The molecule has 0 N–H and O–H groups in total. The minimum absolute atomic E-state index is 0.818. The van der Waals surface area contributed by atoms with Gasteiger partial charge in [-0.05, 0) is 0 Å². The van der Waals surface area contributed by atoms with E-state index in [1.54, 1.807) is 0 Å². The maximum absolute atomic E-state index is 5.90. The third-order valence-electron chi connectivity index (χ3n) is 1.77. The van der Waals surface area contributed by atoms with Gasteiger partial charge < -0.3 is 0 Å². The van der Waals surface area contributed by atoms with Crippen LogP contribution in [-0.4, -0.2) is 25.0 Å². The summed E-state index contributed by atoms with van der Waals surface area (Å²) in [7, 11) is 23.6. The van der Waals surface area contributed by atoms with Gasteiger partial charge in [0, 0.05) is 0 Å². The summed E-state index contributed by atoms with van der Waals surface area (Å²) >= 11 is -3.68. The van der Waals surface area contributed by atoms with E-state index in [1.165, 1.54) is 11.1 Å². The number of hydrogen-bond acceptors (Lipinski definition) is 0. The van der Waals surface area contributed by atoms with Crippen molar-refractivity contribution in [2.45, 2.75) is 10.5 Å². The number of benzene rings is 1. The maximum atomic E-state index is 5.90. The molecule has 1 aromatic rings. The fourth-order valence-electron chi connectivity index (χ4n) is 1.19. The molecular formula is C8H8Cl4Ge2. The van der Waals surface area contributed by atoms with E-state index in [0.29, 0.717) is 0 Å². The van der Waals surface area contributed by atoms with Gasteiger partial charge in [0.2, 0.25) is 0 Å². The molecule has 0 atom stereocenters. The van der Waals surface area contributed by atoms with Crippen LogP contribution in [0.25, 0.3) is 0 Å². The van der Waals surface area contributed by atoms with Crippen LogP contribution in [0.15, 0.2) is 24.3 Å². The third-order valence-corrected chi connectivity index (χ3v) is 7.26. The molecule has 0 unspecified atom stereocenters. The van der Waals surface area contributed by atoms with Gasteiger partial charge >= 0.3 is 111 Å². The van der Waals surface area contributed by atoms with Gasteiger partial charge in [0.15, 0.2) is 0 Å². The van der Waals surface area contributed by atoms with Crippen LogP contribution in [0.4, 0.5) is 0 Å². The second kappa shape index (κ2) is 6.92. The minimum atomic E-state index is -1.84. The van der Waals surface area contributed by atoms with Crippen LogP contribution < -0.4 is 0 Å². The van der Waals surface area contributed by atoms with Gasteiger partial charge in [0.05, 0.1) is 0 Å². The Bertz CT molecular complexity index is 261. The molecule has 0 aromatic heterocycles. The van der Waals surface area contributed by atoms with Crippen molar-refractivity contribution < 1.29 is 0 Å². The molecule has 1 rings (SSSR count). The Morgan fingerprint density at radius 3 is 1.43 bits per heavy atom. The van der Waals surface area contributed by atoms with Crippen LogP contribution >= 0.6 is 40.0 Å². The first-order valence-electron chi connectivity index (χ1n) is 4.00. The van der Waals surface area contributed by atoms with E-state index in [1.807, 2.05) is 12.1 Å². The fraction of sp³-hybridized carbons (Fsp3) is 0.250. The van der Waals surface area contributed by atoms with Crippen molar-refractivity contribution in [1.82, 2.24) is 0 Å². The van der Waals surface area contributed by atoms with Gasteiger partial charge in [-0.25, -0.2) is 0 Å². The first-order valence-corrected chi connectivity index (χ1v) is 18.0. The predicted molar refractivity (Wildman–Crippen MR) is 68.8 cm³/mol. The van der Waals surface area contributed by atoms with E-state index >= 15 is 0 Å². The molecule has 0 saturated heterocycles. The molecule has 0 aliphatic heterocycles. The molecule has 0 saturated carbocycles. The van der Waals surface area contributed by atoms with Crippen LogP contribution in [0, 0.1) is 0 Å². The summed E-state index contributed by atoms with van der Waals surface area (Å²) in [5.74, 6) is 0. The van der Waals surface area contributed by atoms with Crippen LogP contribution in [-0.2, 0) is 10.5 Å². The zero-order valence-corrected chi connectivity index (χ0v) is 14.5. The molecule has 0 fully saturated rings. The average Bonchev–Trinajstić information content (AvgIpc) is 2.06. The molecule has 2 radical (unpaired) electrons. The topological polar surface area (TPSA) is 0 Å². The molecular weight excluding hydrogens is 383 g/mol. The average molecular weight is 391 g/mol. The van der Waals surface area contributed by atoms with Gasteiger partial charge in [0.25, 0.3) is 0 Å². The van der Waals surface area contributed by atoms with Crippen LogP contribution in [0.5, 0.6) is 0 Å². The summed E-state index contributed by atoms with van der Waals surface area (Å²) < 4.78 is 0. The Morgan fingerprint density at radius 2 is 1.14 bits per heavy atom. The Morgan fingerprint density at radius 1 is 0.786 bits per heavy atom. The second-order valence-corrected chi connectivity index (χ2v) is 18.6. The zero-order valence-electron chi connectivity index (χ0n) is 7.24. The first-order chi connectivity index (χ1) is 6.59. The standard InChI is InChI=1S/C8H8Cl4Ge2/c9-13(10)5-7-3-1-2-4-8(7)6-14(11)12/h1-4H,5-6H2. The van der Waals surface area contributed by atoms with E-state index in [0.717, 1.165) is 10.5 Å². The molecule has 0 aliphatic carbocycles. The molecule has 0 spiro atoms. The SMILES string of the molecule is [Cl][Ge]([Cl])[CH2]c1ccccc1[CH2][Ge]([Cl])[Cl]. The first kappa shape index (κ1) is 13.5. The van der Waals surface area contributed by atoms with Crippen molar-refractivity contribution in [3.05, 3.63) is 35.4 Å². The summed E-state index contributed by atoms with van der Waals surface area (Å²) in [5.41, 5.74) is 2.44. The summed E-state index contributed by atoms with van der Waals surface area (Å²) in [6.45, 7) is 0. The summed E-state index contributed by atoms with van der Waals surface area (Å²) in [6.07, 6.45) is 0. The number of hydrogen-bond donors (Lipinski definition) is 0. The van der Waals surface area contributed by atoms with Gasteiger partial charge in [-0.15, -0.1) is 0 Å². The Balaban J connectivity index is 2.80. The van der Waals surface area contributed by atoms with Crippen molar-refractivity contribution in [3.63, 3.8) is 0 Å². The van der Waals surface area contributed by atoms with E-state index in [-0.39, 0.29) is 0 Å². The molecule has 0 bridgehead atoms. The molecule has 0 heterocycles. The molecule has 0 aliphatic rings. The summed E-state index contributed by atoms with van der Waals surface area (Å²) in [6, 6.07) is 8.11. The van der Waals surface area contributed by atoms with Crippen molar-refractivity contribution in [1.29, 1.82) is 0 Å². The van der Waals surface area contributed by atoms with Crippen molar-refractivity contribution in [3.8, 4) is 0 Å². The van der Waals surface area contributed by atoms with E-state index in [2.05, 4.69) is 12.1 Å². The second-order valence-electron chi connectivity index (χ2n) is 2.80. The van der Waals surface area contributed by atoms with Gasteiger partial charge in [-0.3, -0.25) is 0 Å². The number of halogens is 4. The van der Waals surface area contributed by atoms with E-state index in [9.17, 15) is 0 Å². The molecule has 1 aromatic carbocycles. The fourth-order valence-corrected chi connectivity index (χ4v) is 6.84. The Kier molecular flexibility index (Phi) is 6.69.